The summed E-state index contributed by atoms with van der Waals surface area (Å²) in [4.78, 5) is 2.66. The Morgan fingerprint density at radius 2 is 2.44 bits per heavy atom. The van der Waals surface area contributed by atoms with Crippen molar-refractivity contribution in [1.82, 2.24) is 0 Å². The van der Waals surface area contributed by atoms with E-state index in [0.717, 1.165) is 25.9 Å². The van der Waals surface area contributed by atoms with Crippen LogP contribution in [0.2, 0.25) is 0 Å². The molecule has 0 N–H and O–H groups in total. The van der Waals surface area contributed by atoms with E-state index in [1.807, 2.05) is 0 Å². The second-order valence-electron chi connectivity index (χ2n) is 2.03. The third kappa shape index (κ3) is 1.91. The van der Waals surface area contributed by atoms with Gasteiger partial charge in [0.2, 0.25) is 0 Å². The summed E-state index contributed by atoms with van der Waals surface area (Å²) in [6, 6.07) is 0. The first-order valence-electron chi connectivity index (χ1n) is 3.09. The van der Waals surface area contributed by atoms with E-state index in [4.69, 9.17) is 10.3 Å². The average Bonchev–Trinajstić information content (AvgIpc) is 1.91. The standard InChI is InChI=1S/C5H9N3O/c6-8-7-5-3-1-2-4-9-5/h5H,1-4H2/t5-/m1/s1. The maximum absolute atomic E-state index is 8.00. The van der Waals surface area contributed by atoms with E-state index < -0.39 is 0 Å². The highest BCUT2D eigenvalue weighted by Crippen LogP contribution is 2.12. The summed E-state index contributed by atoms with van der Waals surface area (Å²) in [7, 11) is 0. The lowest BCUT2D eigenvalue weighted by molar-refractivity contribution is 0.0209. The second kappa shape index (κ2) is 3.33. The van der Waals surface area contributed by atoms with E-state index in [1.54, 1.807) is 0 Å². The third-order valence-electron chi connectivity index (χ3n) is 1.34. The largest absolute Gasteiger partial charge is 0.372 e. The predicted molar refractivity (Wildman–Crippen MR) is 32.7 cm³/mol. The molecule has 1 heterocycles. The fourth-order valence-corrected chi connectivity index (χ4v) is 0.872. The Kier molecular flexibility index (Phi) is 2.36. The molecular weight excluding hydrogens is 118 g/mol. The number of nitrogens with zero attached hydrogens (tertiary/aromatic N) is 3. The molecule has 1 atom stereocenters. The van der Waals surface area contributed by atoms with E-state index in [1.165, 1.54) is 0 Å². The van der Waals surface area contributed by atoms with E-state index in [0.29, 0.717) is 0 Å². The van der Waals surface area contributed by atoms with Crippen LogP contribution in [-0.2, 0) is 4.74 Å². The van der Waals surface area contributed by atoms with Crippen molar-refractivity contribution < 1.29 is 4.74 Å². The van der Waals surface area contributed by atoms with Crippen LogP contribution in [0, 0.1) is 0 Å². The Bertz CT molecular complexity index is 124. The molecule has 0 spiro atoms. The summed E-state index contributed by atoms with van der Waals surface area (Å²) in [5.74, 6) is 0. The minimum Gasteiger partial charge on any atom is -0.372 e. The quantitative estimate of drug-likeness (QED) is 0.301. The van der Waals surface area contributed by atoms with Crippen molar-refractivity contribution in [2.24, 2.45) is 5.11 Å². The SMILES string of the molecule is [N-]=[N+]=N[C@H]1CCCCO1. The fourth-order valence-electron chi connectivity index (χ4n) is 0.872. The van der Waals surface area contributed by atoms with Crippen molar-refractivity contribution in [3.05, 3.63) is 10.4 Å². The first-order valence-corrected chi connectivity index (χ1v) is 3.09. The number of azide groups is 1. The first kappa shape index (κ1) is 6.39. The van der Waals surface area contributed by atoms with Crippen LogP contribution in [0.15, 0.2) is 5.11 Å². The summed E-state index contributed by atoms with van der Waals surface area (Å²) >= 11 is 0. The van der Waals surface area contributed by atoms with Crippen molar-refractivity contribution >= 4 is 0 Å². The van der Waals surface area contributed by atoms with Crippen LogP contribution in [0.25, 0.3) is 10.4 Å². The molecule has 9 heavy (non-hydrogen) atoms. The Labute approximate surface area is 53.4 Å². The van der Waals surface area contributed by atoms with Gasteiger partial charge in [-0.05, 0) is 24.8 Å². The van der Waals surface area contributed by atoms with Crippen LogP contribution in [0.4, 0.5) is 0 Å². The highest BCUT2D eigenvalue weighted by Gasteiger charge is 2.10. The summed E-state index contributed by atoms with van der Waals surface area (Å²) in [5.41, 5.74) is 8.00. The lowest BCUT2D eigenvalue weighted by Crippen LogP contribution is -2.15. The van der Waals surface area contributed by atoms with Crippen molar-refractivity contribution in [3.63, 3.8) is 0 Å². The predicted octanol–water partition coefficient (Wildman–Crippen LogP) is 1.82. The molecular formula is C5H9N3O. The van der Waals surface area contributed by atoms with Gasteiger partial charge in [0, 0.05) is 11.5 Å². The van der Waals surface area contributed by atoms with Crippen molar-refractivity contribution in [2.75, 3.05) is 6.61 Å². The van der Waals surface area contributed by atoms with Gasteiger partial charge in [0.25, 0.3) is 0 Å². The van der Waals surface area contributed by atoms with E-state index in [2.05, 4.69) is 10.0 Å². The van der Waals surface area contributed by atoms with Gasteiger partial charge in [0.1, 0.15) is 6.23 Å². The Morgan fingerprint density at radius 1 is 1.56 bits per heavy atom. The molecule has 0 saturated carbocycles. The number of hydrogen-bond acceptors (Lipinski definition) is 2. The van der Waals surface area contributed by atoms with Gasteiger partial charge in [0.15, 0.2) is 0 Å². The summed E-state index contributed by atoms with van der Waals surface area (Å²) < 4.78 is 5.10. The number of ether oxygens (including phenoxy) is 1. The Hall–Kier alpha value is -0.730. The molecule has 50 valence electrons. The van der Waals surface area contributed by atoms with Crippen molar-refractivity contribution in [3.8, 4) is 0 Å². The zero-order valence-electron chi connectivity index (χ0n) is 5.16. The topological polar surface area (TPSA) is 58.0 Å². The zero-order chi connectivity index (χ0) is 6.53. The molecule has 1 aliphatic rings. The monoisotopic (exact) mass is 127 g/mol. The van der Waals surface area contributed by atoms with Gasteiger partial charge in [-0.15, -0.1) is 0 Å². The summed E-state index contributed by atoms with van der Waals surface area (Å²) in [6.45, 7) is 0.740. The molecule has 1 fully saturated rings. The molecule has 0 aliphatic carbocycles. The zero-order valence-corrected chi connectivity index (χ0v) is 5.16. The van der Waals surface area contributed by atoms with E-state index in [9.17, 15) is 0 Å². The molecule has 4 heteroatoms. The average molecular weight is 127 g/mol. The van der Waals surface area contributed by atoms with Gasteiger partial charge in [-0.2, -0.15) is 0 Å². The summed E-state index contributed by atoms with van der Waals surface area (Å²) in [6.07, 6.45) is 2.90. The van der Waals surface area contributed by atoms with Gasteiger partial charge in [0.05, 0.1) is 0 Å². The second-order valence-corrected chi connectivity index (χ2v) is 2.03. The van der Waals surface area contributed by atoms with Gasteiger partial charge >= 0.3 is 0 Å². The summed E-state index contributed by atoms with van der Waals surface area (Å²) in [5, 5.41) is 3.44. The normalized spacial score (nSPS) is 26.9. The lowest BCUT2D eigenvalue weighted by atomic mass is 10.2. The highest BCUT2D eigenvalue weighted by molar-refractivity contribution is 4.60. The molecule has 0 bridgehead atoms. The molecule has 0 unspecified atom stereocenters. The lowest BCUT2D eigenvalue weighted by Gasteiger charge is -2.16. The minimum atomic E-state index is -0.191. The molecule has 0 aromatic rings. The third-order valence-corrected chi connectivity index (χ3v) is 1.34. The molecule has 1 saturated heterocycles. The van der Waals surface area contributed by atoms with Crippen LogP contribution in [-0.4, -0.2) is 12.8 Å². The fraction of sp³-hybridized carbons (Fsp3) is 1.00. The molecule has 0 aromatic heterocycles. The first-order chi connectivity index (χ1) is 4.43. The van der Waals surface area contributed by atoms with Crippen LogP contribution < -0.4 is 0 Å². The molecule has 0 aromatic carbocycles. The maximum atomic E-state index is 8.00. The van der Waals surface area contributed by atoms with E-state index >= 15 is 0 Å². The van der Waals surface area contributed by atoms with Gasteiger partial charge in [-0.25, -0.2) is 0 Å². The Morgan fingerprint density at radius 3 is 3.00 bits per heavy atom. The van der Waals surface area contributed by atoms with Crippen LogP contribution in [0.1, 0.15) is 19.3 Å². The maximum Gasteiger partial charge on any atom is 0.136 e. The molecule has 4 nitrogen and oxygen atoms in total. The Balaban J connectivity index is 2.31. The van der Waals surface area contributed by atoms with Crippen LogP contribution >= 0.6 is 0 Å². The van der Waals surface area contributed by atoms with Gasteiger partial charge in [-0.3, -0.25) is 0 Å². The highest BCUT2D eigenvalue weighted by atomic mass is 16.5. The van der Waals surface area contributed by atoms with Gasteiger partial charge < -0.3 is 4.74 Å². The molecule has 0 radical (unpaired) electrons. The molecule has 1 aliphatic heterocycles. The van der Waals surface area contributed by atoms with E-state index in [-0.39, 0.29) is 6.23 Å². The number of rotatable bonds is 1. The molecule has 0 amide bonds. The smallest absolute Gasteiger partial charge is 0.136 e. The van der Waals surface area contributed by atoms with Gasteiger partial charge in [-0.1, -0.05) is 5.11 Å². The minimum absolute atomic E-state index is 0.191. The number of hydrogen-bond donors (Lipinski definition) is 0. The van der Waals surface area contributed by atoms with Crippen molar-refractivity contribution in [2.45, 2.75) is 25.5 Å². The molecule has 1 rings (SSSR count). The van der Waals surface area contributed by atoms with Crippen LogP contribution in [0.5, 0.6) is 0 Å². The van der Waals surface area contributed by atoms with Crippen LogP contribution in [0.3, 0.4) is 0 Å². The van der Waals surface area contributed by atoms with Crippen molar-refractivity contribution in [1.29, 1.82) is 0 Å².